The minimum atomic E-state index is -1.39. The van der Waals surface area contributed by atoms with E-state index >= 15 is 0 Å². The quantitative estimate of drug-likeness (QED) is 0.372. The van der Waals surface area contributed by atoms with Crippen LogP contribution in [-0.4, -0.2) is 37.6 Å². The molecular weight excluding hydrogens is 364 g/mol. The number of benzene rings is 2. The lowest BCUT2D eigenvalue weighted by Crippen LogP contribution is -2.31. The summed E-state index contributed by atoms with van der Waals surface area (Å²) in [4.78, 5) is 35.6. The first kappa shape index (κ1) is 21.0. The van der Waals surface area contributed by atoms with Crippen molar-refractivity contribution < 1.29 is 33.3 Å². The SMILES string of the molecule is CCOC(=O)OC(COC(=O)Cc1ccccc1)OC(=O)Cc1ccccc1. The van der Waals surface area contributed by atoms with Crippen molar-refractivity contribution in [3.8, 4) is 0 Å². The molecule has 2 aromatic rings. The molecule has 2 aromatic carbocycles. The third kappa shape index (κ3) is 7.90. The predicted molar refractivity (Wildman–Crippen MR) is 99.2 cm³/mol. The summed E-state index contributed by atoms with van der Waals surface area (Å²) in [6.45, 7) is 1.28. The van der Waals surface area contributed by atoms with Crippen LogP contribution in [-0.2, 0) is 41.4 Å². The topological polar surface area (TPSA) is 88.1 Å². The summed E-state index contributed by atoms with van der Waals surface area (Å²) in [5.74, 6) is -1.16. The molecule has 0 radical (unpaired) electrons. The monoisotopic (exact) mass is 386 g/mol. The second-order valence-electron chi connectivity index (χ2n) is 5.73. The molecule has 28 heavy (non-hydrogen) atoms. The molecule has 7 heteroatoms. The summed E-state index contributed by atoms with van der Waals surface area (Å²) in [5.41, 5.74) is 1.51. The second kappa shape index (κ2) is 11.4. The number of hydrogen-bond acceptors (Lipinski definition) is 7. The summed E-state index contributed by atoms with van der Waals surface area (Å²) in [7, 11) is 0. The number of carbonyl (C=O) groups excluding carboxylic acids is 3. The van der Waals surface area contributed by atoms with Crippen molar-refractivity contribution in [1.82, 2.24) is 0 Å². The molecule has 0 saturated heterocycles. The maximum absolute atomic E-state index is 12.1. The van der Waals surface area contributed by atoms with Gasteiger partial charge in [0.1, 0.15) is 0 Å². The molecule has 1 atom stereocenters. The molecule has 0 aliphatic carbocycles. The van der Waals surface area contributed by atoms with Gasteiger partial charge in [-0.2, -0.15) is 0 Å². The first-order chi connectivity index (χ1) is 13.6. The standard InChI is InChI=1S/C21H22O7/c1-2-25-21(24)28-20(27-19(23)14-17-11-7-4-8-12-17)15-26-18(22)13-16-9-5-3-6-10-16/h3-12,20H,2,13-15H2,1H3. The zero-order valence-electron chi connectivity index (χ0n) is 15.5. The fraction of sp³-hybridized carbons (Fsp3) is 0.286. The molecule has 0 fully saturated rings. The molecule has 0 aromatic heterocycles. The number of hydrogen-bond donors (Lipinski definition) is 0. The first-order valence-electron chi connectivity index (χ1n) is 8.83. The van der Waals surface area contributed by atoms with Gasteiger partial charge in [0.2, 0.25) is 0 Å². The summed E-state index contributed by atoms with van der Waals surface area (Å²) >= 11 is 0. The summed E-state index contributed by atoms with van der Waals surface area (Å²) in [5, 5.41) is 0. The highest BCUT2D eigenvalue weighted by Gasteiger charge is 2.22. The highest BCUT2D eigenvalue weighted by molar-refractivity contribution is 5.73. The lowest BCUT2D eigenvalue weighted by Gasteiger charge is -2.18. The second-order valence-corrected chi connectivity index (χ2v) is 5.73. The van der Waals surface area contributed by atoms with Crippen LogP contribution in [0.15, 0.2) is 60.7 Å². The normalized spacial score (nSPS) is 11.2. The van der Waals surface area contributed by atoms with E-state index in [1.807, 2.05) is 12.1 Å². The van der Waals surface area contributed by atoms with Gasteiger partial charge >= 0.3 is 18.1 Å². The van der Waals surface area contributed by atoms with E-state index in [-0.39, 0.29) is 19.4 Å². The molecule has 7 nitrogen and oxygen atoms in total. The molecular formula is C21H22O7. The van der Waals surface area contributed by atoms with Crippen LogP contribution in [0.1, 0.15) is 18.1 Å². The van der Waals surface area contributed by atoms with E-state index in [4.69, 9.17) is 14.2 Å². The van der Waals surface area contributed by atoms with Crippen molar-refractivity contribution in [2.24, 2.45) is 0 Å². The van der Waals surface area contributed by atoms with Gasteiger partial charge in [0, 0.05) is 0 Å². The van der Waals surface area contributed by atoms with E-state index in [1.54, 1.807) is 55.5 Å². The molecule has 0 aliphatic rings. The Morgan fingerprint density at radius 2 is 1.29 bits per heavy atom. The molecule has 0 spiro atoms. The summed E-state index contributed by atoms with van der Waals surface area (Å²) in [6, 6.07) is 18.0. The average Bonchev–Trinajstić information content (AvgIpc) is 2.68. The fourth-order valence-corrected chi connectivity index (χ4v) is 2.28. The Labute approximate surface area is 163 Å². The molecule has 0 saturated carbocycles. The van der Waals surface area contributed by atoms with E-state index in [1.165, 1.54) is 0 Å². The van der Waals surface area contributed by atoms with Gasteiger partial charge in [0.25, 0.3) is 6.29 Å². The van der Waals surface area contributed by atoms with Gasteiger partial charge in [-0.1, -0.05) is 60.7 Å². The number of ether oxygens (including phenoxy) is 4. The third-order valence-electron chi connectivity index (χ3n) is 3.52. The van der Waals surface area contributed by atoms with Gasteiger partial charge in [0.15, 0.2) is 6.61 Å². The highest BCUT2D eigenvalue weighted by atomic mass is 16.8. The Morgan fingerprint density at radius 3 is 1.82 bits per heavy atom. The average molecular weight is 386 g/mol. The minimum Gasteiger partial charge on any atom is -0.457 e. The predicted octanol–water partition coefficient (Wildman–Crippen LogP) is 3.06. The number of esters is 2. The Hall–Kier alpha value is -3.35. The molecule has 0 aliphatic heterocycles. The van der Waals surface area contributed by atoms with Crippen molar-refractivity contribution in [3.63, 3.8) is 0 Å². The van der Waals surface area contributed by atoms with Crippen LogP contribution in [0.5, 0.6) is 0 Å². The van der Waals surface area contributed by atoms with Crippen molar-refractivity contribution in [2.75, 3.05) is 13.2 Å². The number of rotatable bonds is 9. The van der Waals surface area contributed by atoms with Gasteiger partial charge in [-0.3, -0.25) is 9.59 Å². The van der Waals surface area contributed by atoms with Crippen molar-refractivity contribution in [1.29, 1.82) is 0 Å². The lowest BCUT2D eigenvalue weighted by molar-refractivity contribution is -0.185. The summed E-state index contributed by atoms with van der Waals surface area (Å²) < 4.78 is 19.8. The van der Waals surface area contributed by atoms with Crippen molar-refractivity contribution >= 4 is 18.1 Å². The van der Waals surface area contributed by atoms with Crippen LogP contribution in [0.3, 0.4) is 0 Å². The maximum Gasteiger partial charge on any atom is 0.511 e. The van der Waals surface area contributed by atoms with Crippen molar-refractivity contribution in [2.45, 2.75) is 26.1 Å². The van der Waals surface area contributed by atoms with Gasteiger partial charge < -0.3 is 18.9 Å². The highest BCUT2D eigenvalue weighted by Crippen LogP contribution is 2.07. The molecule has 0 N–H and O–H groups in total. The van der Waals surface area contributed by atoms with E-state index in [0.29, 0.717) is 0 Å². The van der Waals surface area contributed by atoms with Crippen LogP contribution < -0.4 is 0 Å². The lowest BCUT2D eigenvalue weighted by atomic mass is 10.2. The van der Waals surface area contributed by atoms with Crippen LogP contribution in [0, 0.1) is 0 Å². The molecule has 148 valence electrons. The van der Waals surface area contributed by atoms with Crippen LogP contribution in [0.4, 0.5) is 4.79 Å². The van der Waals surface area contributed by atoms with E-state index in [0.717, 1.165) is 11.1 Å². The maximum atomic E-state index is 12.1. The molecule has 0 amide bonds. The Morgan fingerprint density at radius 1 is 0.750 bits per heavy atom. The van der Waals surface area contributed by atoms with Gasteiger partial charge in [-0.05, 0) is 18.1 Å². The van der Waals surface area contributed by atoms with Crippen LogP contribution in [0.2, 0.25) is 0 Å². The third-order valence-corrected chi connectivity index (χ3v) is 3.52. The fourth-order valence-electron chi connectivity index (χ4n) is 2.28. The molecule has 0 heterocycles. The molecule has 0 bridgehead atoms. The molecule has 2 rings (SSSR count). The Bertz CT molecular complexity index is 759. The van der Waals surface area contributed by atoms with Crippen LogP contribution >= 0.6 is 0 Å². The first-order valence-corrected chi connectivity index (χ1v) is 8.83. The van der Waals surface area contributed by atoms with E-state index in [2.05, 4.69) is 4.74 Å². The zero-order chi connectivity index (χ0) is 20.2. The Kier molecular flexibility index (Phi) is 8.52. The van der Waals surface area contributed by atoms with Gasteiger partial charge in [0.05, 0.1) is 19.4 Å². The molecule has 1 unspecified atom stereocenters. The van der Waals surface area contributed by atoms with Crippen molar-refractivity contribution in [3.05, 3.63) is 71.8 Å². The minimum absolute atomic E-state index is 0.0124. The smallest absolute Gasteiger partial charge is 0.457 e. The van der Waals surface area contributed by atoms with Gasteiger partial charge in [-0.25, -0.2) is 4.79 Å². The van der Waals surface area contributed by atoms with Crippen LogP contribution in [0.25, 0.3) is 0 Å². The Balaban J connectivity index is 1.89. The zero-order valence-corrected chi connectivity index (χ0v) is 15.5. The van der Waals surface area contributed by atoms with E-state index in [9.17, 15) is 14.4 Å². The van der Waals surface area contributed by atoms with Gasteiger partial charge in [-0.15, -0.1) is 0 Å². The largest absolute Gasteiger partial charge is 0.511 e. The number of carbonyl (C=O) groups is 3. The van der Waals surface area contributed by atoms with E-state index < -0.39 is 31.0 Å². The summed E-state index contributed by atoms with van der Waals surface area (Å²) in [6.07, 6.45) is -2.37.